The third-order valence-corrected chi connectivity index (χ3v) is 7.81. The summed E-state index contributed by atoms with van der Waals surface area (Å²) in [5.74, 6) is 0.255. The number of hydrogen-bond donors (Lipinski definition) is 2. The number of carbonyl (C=O) groups excluding carboxylic acids is 3. The summed E-state index contributed by atoms with van der Waals surface area (Å²) in [4.78, 5) is 39.3. The lowest BCUT2D eigenvalue weighted by Crippen LogP contribution is -2.49. The molecule has 1 atom stereocenters. The predicted molar refractivity (Wildman–Crippen MR) is 165 cm³/mol. The first kappa shape index (κ1) is 31.5. The van der Waals surface area contributed by atoms with Crippen molar-refractivity contribution in [3.63, 3.8) is 0 Å². The Morgan fingerprint density at radius 3 is 2.28 bits per heavy atom. The van der Waals surface area contributed by atoms with Gasteiger partial charge < -0.3 is 23.6 Å². The SMILES string of the molecule is COc1ccc(CCN(c2ccc(NC(=O)c3cc(N4CCC(=O)NC4=O)cc(C(C)(C)C)c3OC)cc2)S(=O)[O-])cc1. The van der Waals surface area contributed by atoms with Crippen molar-refractivity contribution < 1.29 is 32.6 Å². The number of methoxy groups -OCH3 is 2. The van der Waals surface area contributed by atoms with Crippen LogP contribution in [-0.2, 0) is 27.9 Å². The Balaban J connectivity index is 1.56. The van der Waals surface area contributed by atoms with Crippen LogP contribution in [0.25, 0.3) is 0 Å². The number of hydrogen-bond acceptors (Lipinski definition) is 7. The van der Waals surface area contributed by atoms with Gasteiger partial charge in [-0.3, -0.25) is 24.0 Å². The normalized spacial score (nSPS) is 14.1. The van der Waals surface area contributed by atoms with E-state index in [2.05, 4.69) is 10.6 Å². The first-order valence-electron chi connectivity index (χ1n) is 13.7. The number of nitrogens with one attached hydrogen (secondary N) is 2. The van der Waals surface area contributed by atoms with Crippen LogP contribution in [0.3, 0.4) is 0 Å². The molecule has 4 amide bonds. The van der Waals surface area contributed by atoms with Crippen LogP contribution in [0, 0.1) is 0 Å². The number of carbonyl (C=O) groups is 3. The second kappa shape index (κ2) is 13.3. The summed E-state index contributed by atoms with van der Waals surface area (Å²) in [6.07, 6.45) is 0.633. The molecule has 228 valence electrons. The zero-order chi connectivity index (χ0) is 31.3. The van der Waals surface area contributed by atoms with Crippen LogP contribution in [-0.4, -0.2) is 53.9 Å². The van der Waals surface area contributed by atoms with E-state index in [1.807, 2.05) is 45.0 Å². The second-order valence-corrected chi connectivity index (χ2v) is 11.9. The molecule has 0 bridgehead atoms. The van der Waals surface area contributed by atoms with E-state index >= 15 is 0 Å². The van der Waals surface area contributed by atoms with E-state index in [0.29, 0.717) is 34.8 Å². The van der Waals surface area contributed by atoms with Crippen molar-refractivity contribution in [1.82, 2.24) is 5.32 Å². The molecule has 3 aromatic carbocycles. The van der Waals surface area contributed by atoms with Gasteiger partial charge in [0.1, 0.15) is 11.5 Å². The molecule has 0 radical (unpaired) electrons. The number of amides is 4. The van der Waals surface area contributed by atoms with Gasteiger partial charge in [0.15, 0.2) is 0 Å². The highest BCUT2D eigenvalue weighted by atomic mass is 32.2. The standard InChI is InChI=1S/C31H36N4O7S/c1-31(2,3)26-19-23(34-16-15-27(36)33-30(34)38)18-25(28(26)42-5)29(37)32-21-8-10-22(11-9-21)35(43(39)40)17-14-20-6-12-24(41-4)13-7-20/h6-13,18-19H,14-17H2,1-5H3,(H,32,37)(H,39,40)(H,33,36,38)/p-1. The quantitative estimate of drug-likeness (QED) is 0.323. The average molecular weight is 608 g/mol. The Bertz CT molecular complexity index is 1520. The largest absolute Gasteiger partial charge is 0.755 e. The first-order chi connectivity index (χ1) is 20.4. The molecular formula is C31H35N4O7S-. The van der Waals surface area contributed by atoms with Gasteiger partial charge in [0, 0.05) is 53.4 Å². The summed E-state index contributed by atoms with van der Waals surface area (Å²) in [6.45, 7) is 6.31. The molecule has 1 aliphatic rings. The van der Waals surface area contributed by atoms with Crippen LogP contribution in [0.4, 0.5) is 21.9 Å². The van der Waals surface area contributed by atoms with Gasteiger partial charge in [-0.05, 0) is 65.9 Å². The van der Waals surface area contributed by atoms with Crippen LogP contribution in [0.2, 0.25) is 0 Å². The van der Waals surface area contributed by atoms with Crippen LogP contribution in [0.15, 0.2) is 60.7 Å². The number of anilines is 3. The fourth-order valence-corrected chi connectivity index (χ4v) is 5.28. The Labute approximate surface area is 253 Å². The van der Waals surface area contributed by atoms with Gasteiger partial charge in [0.05, 0.1) is 19.8 Å². The molecule has 1 saturated heterocycles. The summed E-state index contributed by atoms with van der Waals surface area (Å²) in [7, 11) is 3.06. The highest BCUT2D eigenvalue weighted by Gasteiger charge is 2.30. The Kier molecular flexibility index (Phi) is 9.72. The number of rotatable bonds is 10. The zero-order valence-corrected chi connectivity index (χ0v) is 25.6. The molecule has 1 fully saturated rings. The summed E-state index contributed by atoms with van der Waals surface area (Å²) in [6, 6.07) is 16.7. The molecule has 2 N–H and O–H groups in total. The van der Waals surface area contributed by atoms with Crippen molar-refractivity contribution in [2.75, 3.05) is 41.8 Å². The second-order valence-electron chi connectivity index (χ2n) is 11.0. The Hall–Kier alpha value is -4.42. The molecule has 3 aromatic rings. The van der Waals surface area contributed by atoms with Crippen molar-refractivity contribution in [3.05, 3.63) is 77.4 Å². The third-order valence-electron chi connectivity index (χ3n) is 7.05. The molecule has 43 heavy (non-hydrogen) atoms. The summed E-state index contributed by atoms with van der Waals surface area (Å²) in [5.41, 5.74) is 2.78. The van der Waals surface area contributed by atoms with E-state index in [0.717, 1.165) is 11.3 Å². The monoisotopic (exact) mass is 607 g/mol. The van der Waals surface area contributed by atoms with Gasteiger partial charge in [0.25, 0.3) is 5.91 Å². The average Bonchev–Trinajstić information content (AvgIpc) is 2.97. The highest BCUT2D eigenvalue weighted by Crippen LogP contribution is 2.38. The van der Waals surface area contributed by atoms with Crippen LogP contribution < -0.4 is 29.3 Å². The van der Waals surface area contributed by atoms with Gasteiger partial charge >= 0.3 is 6.03 Å². The highest BCUT2D eigenvalue weighted by molar-refractivity contribution is 7.80. The van der Waals surface area contributed by atoms with E-state index in [-0.39, 0.29) is 31.0 Å². The molecule has 0 aromatic heterocycles. The number of nitrogens with zero attached hydrogens (tertiary/aromatic N) is 2. The van der Waals surface area contributed by atoms with Crippen LogP contribution >= 0.6 is 0 Å². The number of urea groups is 1. The molecule has 0 saturated carbocycles. The molecule has 11 nitrogen and oxygen atoms in total. The molecule has 1 heterocycles. The molecule has 12 heteroatoms. The van der Waals surface area contributed by atoms with E-state index in [9.17, 15) is 23.1 Å². The summed E-state index contributed by atoms with van der Waals surface area (Å²) >= 11 is -2.51. The number of imide groups is 1. The summed E-state index contributed by atoms with van der Waals surface area (Å²) in [5, 5.41) is 5.16. The maximum absolute atomic E-state index is 13.6. The Morgan fingerprint density at radius 1 is 1.05 bits per heavy atom. The van der Waals surface area contributed by atoms with Crippen molar-refractivity contribution in [1.29, 1.82) is 0 Å². The van der Waals surface area contributed by atoms with Crippen LogP contribution in [0.1, 0.15) is 48.7 Å². The molecule has 1 unspecified atom stereocenters. The summed E-state index contributed by atoms with van der Waals surface area (Å²) < 4.78 is 36.2. The number of ether oxygens (including phenoxy) is 2. The fraction of sp³-hybridized carbons (Fsp3) is 0.323. The van der Waals surface area contributed by atoms with Crippen molar-refractivity contribution >= 4 is 46.2 Å². The van der Waals surface area contributed by atoms with Crippen molar-refractivity contribution in [3.8, 4) is 11.5 Å². The third kappa shape index (κ3) is 7.51. The van der Waals surface area contributed by atoms with Gasteiger partial charge in [-0.1, -0.05) is 32.9 Å². The van der Waals surface area contributed by atoms with Gasteiger partial charge in [-0.25, -0.2) is 4.79 Å². The van der Waals surface area contributed by atoms with Gasteiger partial charge in [0.2, 0.25) is 5.91 Å². The van der Waals surface area contributed by atoms with E-state index < -0.39 is 28.6 Å². The maximum atomic E-state index is 13.6. The maximum Gasteiger partial charge on any atom is 0.328 e. The zero-order valence-electron chi connectivity index (χ0n) is 24.8. The smallest absolute Gasteiger partial charge is 0.328 e. The lowest BCUT2D eigenvalue weighted by Gasteiger charge is -2.30. The van der Waals surface area contributed by atoms with E-state index in [4.69, 9.17) is 9.47 Å². The topological polar surface area (TPSA) is 140 Å². The minimum absolute atomic E-state index is 0.141. The van der Waals surface area contributed by atoms with Gasteiger partial charge in [-0.2, -0.15) is 0 Å². The molecule has 4 rings (SSSR count). The molecule has 0 spiro atoms. The fourth-order valence-electron chi connectivity index (χ4n) is 4.75. The molecular weight excluding hydrogens is 572 g/mol. The minimum atomic E-state index is -2.51. The number of benzene rings is 3. The van der Waals surface area contributed by atoms with Crippen LogP contribution in [0.5, 0.6) is 11.5 Å². The van der Waals surface area contributed by atoms with Crippen molar-refractivity contribution in [2.24, 2.45) is 0 Å². The molecule has 1 aliphatic heterocycles. The first-order valence-corrected chi connectivity index (χ1v) is 14.7. The van der Waals surface area contributed by atoms with E-state index in [1.54, 1.807) is 43.5 Å². The van der Waals surface area contributed by atoms with Gasteiger partial charge in [-0.15, -0.1) is 0 Å². The van der Waals surface area contributed by atoms with Crippen molar-refractivity contribution in [2.45, 2.75) is 39.0 Å². The molecule has 0 aliphatic carbocycles. The lowest BCUT2D eigenvalue weighted by atomic mass is 9.84. The lowest BCUT2D eigenvalue weighted by molar-refractivity contribution is -0.120. The van der Waals surface area contributed by atoms with E-state index in [1.165, 1.54) is 16.3 Å². The predicted octanol–water partition coefficient (Wildman–Crippen LogP) is 4.54. The Morgan fingerprint density at radius 2 is 1.72 bits per heavy atom. The minimum Gasteiger partial charge on any atom is -0.755 e.